The van der Waals surface area contributed by atoms with Crippen LogP contribution >= 0.6 is 0 Å². The minimum absolute atomic E-state index is 0.118. The molecule has 7 rings (SSSR count). The molecule has 0 amide bonds. The predicted molar refractivity (Wildman–Crippen MR) is 178 cm³/mol. The topological polar surface area (TPSA) is 120 Å². The van der Waals surface area contributed by atoms with Crippen LogP contribution in [0.1, 0.15) is 62.0 Å². The number of halogens is 1. The number of hydrogen-bond donors (Lipinski definition) is 2. The van der Waals surface area contributed by atoms with Crippen LogP contribution in [0, 0.1) is 11.7 Å². The van der Waals surface area contributed by atoms with E-state index in [1.165, 1.54) is 6.07 Å². The van der Waals surface area contributed by atoms with Crippen molar-refractivity contribution in [1.29, 1.82) is 0 Å². The second-order valence-electron chi connectivity index (χ2n) is 12.9. The molecule has 6 aromatic rings. The van der Waals surface area contributed by atoms with Gasteiger partial charge in [-0.25, -0.2) is 9.07 Å². The van der Waals surface area contributed by atoms with Crippen LogP contribution in [0.4, 0.5) is 4.39 Å². The van der Waals surface area contributed by atoms with Gasteiger partial charge in [0.2, 0.25) is 0 Å². The fourth-order valence-corrected chi connectivity index (χ4v) is 6.30. The van der Waals surface area contributed by atoms with E-state index in [-0.39, 0.29) is 18.3 Å². The molecule has 1 aliphatic heterocycles. The zero-order valence-corrected chi connectivity index (χ0v) is 27.1. The third kappa shape index (κ3) is 6.33. The number of fused-ring (bicyclic) bond motifs is 10. The molecule has 2 unspecified atom stereocenters. The molecule has 4 heterocycles. The molecule has 10 nitrogen and oxygen atoms in total. The van der Waals surface area contributed by atoms with Gasteiger partial charge in [0.15, 0.2) is 11.6 Å². The molecule has 2 N–H and O–H groups in total. The van der Waals surface area contributed by atoms with Gasteiger partial charge in [-0.15, -0.1) is 5.10 Å². The summed E-state index contributed by atoms with van der Waals surface area (Å²) in [5, 5.41) is 24.1. The molecule has 1 aliphatic rings. The van der Waals surface area contributed by atoms with Gasteiger partial charge in [-0.2, -0.15) is 5.10 Å². The molecule has 246 valence electrons. The Bertz CT molecular complexity index is 2100. The Morgan fingerprint density at radius 3 is 2.85 bits per heavy atom. The Labute approximate surface area is 277 Å². The number of rotatable bonds is 4. The molecule has 3 aromatic heterocycles. The number of nitrogens with zero attached hydrogens (tertiary/aromatic N) is 5. The molecular formula is C37H37FN6O4. The highest BCUT2D eigenvalue weighted by Crippen LogP contribution is 2.37. The maximum Gasteiger partial charge on any atom is 0.306 e. The molecule has 2 atom stereocenters. The highest BCUT2D eigenvalue weighted by atomic mass is 19.1. The number of aromatic amines is 1. The SMILES string of the molecule is CC(Cc1cccc(C2CCCOC(C)(C)c3cn(nn3)Cc3c(c(F)cc4[nH]ccc34)Oc3cccc(c3)-c3ccn2n3)c1)C(=O)O. The van der Waals surface area contributed by atoms with Crippen molar-refractivity contribution >= 4 is 16.9 Å². The summed E-state index contributed by atoms with van der Waals surface area (Å²) in [6.07, 6.45) is 7.46. The summed E-state index contributed by atoms with van der Waals surface area (Å²) in [6.45, 7) is 6.34. The Morgan fingerprint density at radius 2 is 2.00 bits per heavy atom. The normalized spacial score (nSPS) is 17.0. The number of hydrogen-bond acceptors (Lipinski definition) is 6. The van der Waals surface area contributed by atoms with E-state index in [0.29, 0.717) is 35.6 Å². The number of carboxylic acid groups (broad SMARTS) is 1. The molecule has 0 radical (unpaired) electrons. The van der Waals surface area contributed by atoms with Crippen LogP contribution in [0.2, 0.25) is 0 Å². The Balaban J connectivity index is 1.30. The first-order chi connectivity index (χ1) is 23.1. The third-order valence-electron chi connectivity index (χ3n) is 9.00. The lowest BCUT2D eigenvalue weighted by Crippen LogP contribution is -2.23. The summed E-state index contributed by atoms with van der Waals surface area (Å²) in [7, 11) is 0. The van der Waals surface area contributed by atoms with E-state index in [9.17, 15) is 9.90 Å². The summed E-state index contributed by atoms with van der Waals surface area (Å²) in [6, 6.07) is 20.7. The van der Waals surface area contributed by atoms with Crippen LogP contribution in [0.25, 0.3) is 22.2 Å². The van der Waals surface area contributed by atoms with Crippen molar-refractivity contribution in [2.45, 2.75) is 58.2 Å². The number of nitrogens with one attached hydrogen (secondary N) is 1. The Morgan fingerprint density at radius 1 is 1.15 bits per heavy atom. The number of H-pyrrole nitrogens is 1. The number of carboxylic acids is 1. The zero-order valence-electron chi connectivity index (χ0n) is 27.1. The summed E-state index contributed by atoms with van der Waals surface area (Å²) in [4.78, 5) is 14.7. The zero-order chi connectivity index (χ0) is 33.4. The minimum atomic E-state index is -0.820. The lowest BCUT2D eigenvalue weighted by Gasteiger charge is -2.24. The lowest BCUT2D eigenvalue weighted by molar-refractivity contribution is -0.141. The first-order valence-electron chi connectivity index (χ1n) is 16.1. The molecule has 0 aliphatic carbocycles. The molecule has 0 saturated carbocycles. The van der Waals surface area contributed by atoms with Crippen LogP contribution in [0.3, 0.4) is 0 Å². The highest BCUT2D eigenvalue weighted by molar-refractivity contribution is 5.85. The molecule has 0 fully saturated rings. The van der Waals surface area contributed by atoms with Crippen LogP contribution in [-0.4, -0.2) is 47.4 Å². The molecule has 6 bridgehead atoms. The van der Waals surface area contributed by atoms with Crippen molar-refractivity contribution in [3.63, 3.8) is 0 Å². The Kier molecular flexibility index (Phi) is 8.30. The number of aromatic nitrogens is 6. The second-order valence-corrected chi connectivity index (χ2v) is 12.9. The van der Waals surface area contributed by atoms with Gasteiger partial charge in [-0.3, -0.25) is 9.48 Å². The summed E-state index contributed by atoms with van der Waals surface area (Å²) >= 11 is 0. The molecule has 0 saturated heterocycles. The van der Waals surface area contributed by atoms with Gasteiger partial charge in [0.1, 0.15) is 17.0 Å². The number of ether oxygens (including phenoxy) is 2. The van der Waals surface area contributed by atoms with Gasteiger partial charge in [-0.05, 0) is 68.5 Å². The fourth-order valence-electron chi connectivity index (χ4n) is 6.30. The number of aliphatic carboxylic acids is 1. The van der Waals surface area contributed by atoms with Crippen LogP contribution in [-0.2, 0) is 28.1 Å². The van der Waals surface area contributed by atoms with Gasteiger partial charge in [0.05, 0.1) is 30.4 Å². The monoisotopic (exact) mass is 648 g/mol. The van der Waals surface area contributed by atoms with Crippen LogP contribution in [0.5, 0.6) is 11.5 Å². The van der Waals surface area contributed by atoms with E-state index in [1.54, 1.807) is 23.9 Å². The largest absolute Gasteiger partial charge is 0.481 e. The van der Waals surface area contributed by atoms with Crippen molar-refractivity contribution in [1.82, 2.24) is 29.8 Å². The fraction of sp³-hybridized carbons (Fsp3) is 0.297. The van der Waals surface area contributed by atoms with Crippen LogP contribution < -0.4 is 4.74 Å². The molecule has 3 aromatic carbocycles. The summed E-state index contributed by atoms with van der Waals surface area (Å²) in [5.74, 6) is -1.22. The number of carbonyl (C=O) groups is 1. The molecule has 11 heteroatoms. The van der Waals surface area contributed by atoms with Crippen molar-refractivity contribution in [3.05, 3.63) is 114 Å². The van der Waals surface area contributed by atoms with Crippen molar-refractivity contribution in [2.75, 3.05) is 6.61 Å². The smallest absolute Gasteiger partial charge is 0.306 e. The molecule has 0 spiro atoms. The van der Waals surface area contributed by atoms with Gasteiger partial charge < -0.3 is 19.6 Å². The van der Waals surface area contributed by atoms with Crippen molar-refractivity contribution in [2.24, 2.45) is 5.92 Å². The molecule has 48 heavy (non-hydrogen) atoms. The van der Waals surface area contributed by atoms with E-state index in [1.807, 2.05) is 73.4 Å². The maximum atomic E-state index is 15.7. The highest BCUT2D eigenvalue weighted by Gasteiger charge is 2.27. The Hall–Kier alpha value is -5.29. The van der Waals surface area contributed by atoms with Gasteiger partial charge in [0.25, 0.3) is 0 Å². The van der Waals surface area contributed by atoms with Crippen molar-refractivity contribution in [3.8, 4) is 22.8 Å². The van der Waals surface area contributed by atoms with E-state index in [0.717, 1.165) is 40.6 Å². The second kappa shape index (κ2) is 12.7. The summed E-state index contributed by atoms with van der Waals surface area (Å²) in [5.41, 5.74) is 4.78. The van der Waals surface area contributed by atoms with Crippen molar-refractivity contribution < 1.29 is 23.8 Å². The quantitative estimate of drug-likeness (QED) is 0.203. The minimum Gasteiger partial charge on any atom is -0.481 e. The van der Waals surface area contributed by atoms with Gasteiger partial charge >= 0.3 is 5.97 Å². The average Bonchev–Trinajstić information content (AvgIpc) is 3.84. The average molecular weight is 649 g/mol. The first-order valence-corrected chi connectivity index (χ1v) is 16.1. The first kappa shape index (κ1) is 31.3. The third-order valence-corrected chi connectivity index (χ3v) is 9.00. The molecular weight excluding hydrogens is 611 g/mol. The maximum absolute atomic E-state index is 15.7. The lowest BCUT2D eigenvalue weighted by atomic mass is 9.95. The van der Waals surface area contributed by atoms with Gasteiger partial charge in [0, 0.05) is 47.1 Å². The number of benzene rings is 3. The van der Waals surface area contributed by atoms with Crippen LogP contribution in [0.15, 0.2) is 85.3 Å². The standard InChI is InChI=1S/C37H37FN6O4/c1-23(36(45)46)17-24-7-4-9-26(18-24)33-11-6-16-47-37(2,3)34-22-43(42-40-34)21-29-28-12-14-39-32(28)20-30(38)35(29)48-27-10-5-8-25(19-27)31-13-15-44(33)41-31/h4-5,7-10,12-15,18-20,22-23,33,39H,6,11,16-17,21H2,1-3H3,(H,45,46). The summed E-state index contributed by atoms with van der Waals surface area (Å²) < 4.78 is 32.0. The predicted octanol–water partition coefficient (Wildman–Crippen LogP) is 7.50. The van der Waals surface area contributed by atoms with Gasteiger partial charge in [-0.1, -0.05) is 48.5 Å². The van der Waals surface area contributed by atoms with E-state index < -0.39 is 23.3 Å². The van der Waals surface area contributed by atoms with E-state index in [2.05, 4.69) is 27.4 Å². The van der Waals surface area contributed by atoms with E-state index >= 15 is 4.39 Å². The van der Waals surface area contributed by atoms with E-state index in [4.69, 9.17) is 14.6 Å².